The van der Waals surface area contributed by atoms with E-state index in [0.29, 0.717) is 6.26 Å². The lowest BCUT2D eigenvalue weighted by atomic mass is 10.1. The Morgan fingerprint density at radius 2 is 1.76 bits per heavy atom. The van der Waals surface area contributed by atoms with E-state index in [0.717, 1.165) is 22.9 Å². The molecule has 0 radical (unpaired) electrons. The quantitative estimate of drug-likeness (QED) is 0.926. The average Bonchev–Trinajstić information content (AvgIpc) is 2.68. The van der Waals surface area contributed by atoms with E-state index in [4.69, 9.17) is 5.11 Å². The third kappa shape index (κ3) is 2.77. The van der Waals surface area contributed by atoms with E-state index >= 15 is 0 Å². The molecule has 1 aromatic heterocycles. The zero-order chi connectivity index (χ0) is 15.9. The molecular weight excluding hydrogens is 306 g/mol. The van der Waals surface area contributed by atoms with Crippen molar-refractivity contribution in [1.29, 1.82) is 0 Å². The van der Waals surface area contributed by atoms with Crippen molar-refractivity contribution in [3.8, 4) is 11.3 Å². The predicted molar refractivity (Wildman–Crippen MR) is 68.6 cm³/mol. The van der Waals surface area contributed by atoms with E-state index in [1.54, 1.807) is 0 Å². The van der Waals surface area contributed by atoms with Gasteiger partial charge < -0.3 is 5.11 Å². The predicted octanol–water partition coefficient (Wildman–Crippen LogP) is 1.47. The van der Waals surface area contributed by atoms with Crippen LogP contribution in [-0.2, 0) is 16.9 Å². The van der Waals surface area contributed by atoms with Gasteiger partial charge in [0.05, 0.1) is 5.69 Å². The molecule has 0 saturated heterocycles. The van der Waals surface area contributed by atoms with Crippen molar-refractivity contribution in [3.05, 3.63) is 35.5 Å². The second kappa shape index (κ2) is 4.92. The van der Waals surface area contributed by atoms with Gasteiger partial charge in [-0.2, -0.15) is 5.10 Å². The van der Waals surface area contributed by atoms with Crippen LogP contribution in [0.2, 0.25) is 0 Å². The first-order valence-electron chi connectivity index (χ1n) is 5.58. The van der Waals surface area contributed by atoms with Crippen molar-refractivity contribution in [2.24, 2.45) is 7.05 Å². The minimum Gasteiger partial charge on any atom is -0.476 e. The van der Waals surface area contributed by atoms with E-state index in [1.807, 2.05) is 0 Å². The Balaban J connectivity index is 2.65. The normalized spacial score (nSPS) is 11.6. The molecule has 0 aliphatic heterocycles. The molecular formula is C12H10F2N2O4S. The number of carbonyl (C=O) groups is 1. The fourth-order valence-corrected chi connectivity index (χ4v) is 2.73. The van der Waals surface area contributed by atoms with Crippen LogP contribution in [0, 0.1) is 11.6 Å². The summed E-state index contributed by atoms with van der Waals surface area (Å²) in [6.45, 7) is 0. The highest BCUT2D eigenvalue weighted by Crippen LogP contribution is 2.27. The number of aromatic carboxylic acids is 1. The Morgan fingerprint density at radius 1 is 1.24 bits per heavy atom. The molecule has 1 heterocycles. The molecule has 1 N–H and O–H groups in total. The monoisotopic (exact) mass is 316 g/mol. The maximum absolute atomic E-state index is 13.8. The molecule has 0 unspecified atom stereocenters. The highest BCUT2D eigenvalue weighted by molar-refractivity contribution is 7.90. The lowest BCUT2D eigenvalue weighted by Crippen LogP contribution is -2.05. The lowest BCUT2D eigenvalue weighted by molar-refractivity contribution is 0.0689. The van der Waals surface area contributed by atoms with Crippen LogP contribution in [0.4, 0.5) is 8.78 Å². The summed E-state index contributed by atoms with van der Waals surface area (Å²) in [5.74, 6) is -3.78. The first-order valence-corrected chi connectivity index (χ1v) is 7.47. The van der Waals surface area contributed by atoms with Crippen LogP contribution in [0.1, 0.15) is 10.5 Å². The van der Waals surface area contributed by atoms with Gasteiger partial charge in [-0.05, 0) is 18.2 Å². The van der Waals surface area contributed by atoms with Crippen LogP contribution in [0.5, 0.6) is 0 Å². The number of aromatic nitrogens is 2. The van der Waals surface area contributed by atoms with Gasteiger partial charge in [-0.15, -0.1) is 0 Å². The molecule has 9 heteroatoms. The number of hydrogen-bond donors (Lipinski definition) is 1. The highest BCUT2D eigenvalue weighted by Gasteiger charge is 2.22. The smallest absolute Gasteiger partial charge is 0.356 e. The van der Waals surface area contributed by atoms with E-state index in [2.05, 4.69) is 5.10 Å². The van der Waals surface area contributed by atoms with E-state index < -0.39 is 32.3 Å². The molecule has 6 nitrogen and oxygen atoms in total. The third-order valence-corrected chi connectivity index (χ3v) is 3.90. The molecule has 0 bridgehead atoms. The molecule has 0 amide bonds. The number of sulfone groups is 1. The van der Waals surface area contributed by atoms with Gasteiger partial charge in [0, 0.05) is 18.9 Å². The largest absolute Gasteiger partial charge is 0.476 e. The minimum absolute atomic E-state index is 0.0140. The summed E-state index contributed by atoms with van der Waals surface area (Å²) < 4.78 is 51.4. The van der Waals surface area contributed by atoms with Gasteiger partial charge in [0.2, 0.25) is 0 Å². The summed E-state index contributed by atoms with van der Waals surface area (Å²) in [4.78, 5) is 9.79. The van der Waals surface area contributed by atoms with Crippen molar-refractivity contribution in [3.63, 3.8) is 0 Å². The van der Waals surface area contributed by atoms with Crippen molar-refractivity contribution in [1.82, 2.24) is 9.78 Å². The number of carboxylic acid groups (broad SMARTS) is 1. The Bertz CT molecular complexity index is 820. The molecule has 0 fully saturated rings. The van der Waals surface area contributed by atoms with E-state index in [-0.39, 0.29) is 17.0 Å². The number of carboxylic acids is 1. The lowest BCUT2D eigenvalue weighted by Gasteiger charge is -2.07. The van der Waals surface area contributed by atoms with Crippen LogP contribution in [0.25, 0.3) is 11.3 Å². The van der Waals surface area contributed by atoms with Crippen LogP contribution >= 0.6 is 0 Å². The molecule has 21 heavy (non-hydrogen) atoms. The molecule has 0 atom stereocenters. The fourth-order valence-electron chi connectivity index (χ4n) is 1.90. The topological polar surface area (TPSA) is 89.3 Å². The molecule has 0 saturated carbocycles. The molecule has 0 aliphatic carbocycles. The van der Waals surface area contributed by atoms with Crippen molar-refractivity contribution < 1.29 is 27.1 Å². The third-order valence-electron chi connectivity index (χ3n) is 2.76. The number of halogens is 2. The van der Waals surface area contributed by atoms with E-state index in [9.17, 15) is 22.0 Å². The second-order valence-corrected chi connectivity index (χ2v) is 6.34. The van der Waals surface area contributed by atoms with Crippen LogP contribution in [-0.4, -0.2) is 35.5 Å². The maximum Gasteiger partial charge on any atom is 0.356 e. The zero-order valence-electron chi connectivity index (χ0n) is 11.0. The van der Waals surface area contributed by atoms with Gasteiger partial charge in [-0.1, -0.05) is 0 Å². The summed E-state index contributed by atoms with van der Waals surface area (Å²) in [6.07, 6.45) is 0.695. The number of hydrogen-bond acceptors (Lipinski definition) is 4. The van der Waals surface area contributed by atoms with E-state index in [1.165, 1.54) is 7.05 Å². The first-order chi connectivity index (χ1) is 9.61. The summed E-state index contributed by atoms with van der Waals surface area (Å²) in [7, 11) is -2.64. The number of nitrogens with zero attached hydrogens (tertiary/aromatic N) is 2. The molecule has 0 aliphatic rings. The summed E-state index contributed by atoms with van der Waals surface area (Å²) in [5, 5.41) is 12.5. The van der Waals surface area contributed by atoms with Gasteiger partial charge in [0.15, 0.2) is 15.5 Å². The van der Waals surface area contributed by atoms with Crippen molar-refractivity contribution in [2.75, 3.05) is 6.26 Å². The van der Waals surface area contributed by atoms with Crippen molar-refractivity contribution >= 4 is 15.8 Å². The maximum atomic E-state index is 13.8. The zero-order valence-corrected chi connectivity index (χ0v) is 11.8. The van der Waals surface area contributed by atoms with Gasteiger partial charge in [-0.3, -0.25) is 4.68 Å². The Labute approximate surface area is 118 Å². The highest BCUT2D eigenvalue weighted by atomic mass is 32.2. The molecule has 2 aromatic rings. The van der Waals surface area contributed by atoms with Gasteiger partial charge >= 0.3 is 5.97 Å². The second-order valence-electron chi connectivity index (χ2n) is 4.38. The number of aryl methyl sites for hydroxylation is 1. The Morgan fingerprint density at radius 3 is 2.14 bits per heavy atom. The summed E-state index contributed by atoms with van der Waals surface area (Å²) in [5.41, 5.74) is -0.161. The van der Waals surface area contributed by atoms with Crippen molar-refractivity contribution in [2.45, 2.75) is 4.90 Å². The SMILES string of the molecule is Cn1nc(C(=O)O)cc1-c1cc(F)c(S(C)(=O)=O)c(F)c1. The van der Waals surface area contributed by atoms with Gasteiger partial charge in [0.1, 0.15) is 16.5 Å². The summed E-state index contributed by atoms with van der Waals surface area (Å²) in [6, 6.07) is 2.78. The Kier molecular flexibility index (Phi) is 3.54. The fraction of sp³-hybridized carbons (Fsp3) is 0.167. The van der Waals surface area contributed by atoms with Gasteiger partial charge in [0.25, 0.3) is 0 Å². The van der Waals surface area contributed by atoms with Crippen LogP contribution < -0.4 is 0 Å². The van der Waals surface area contributed by atoms with Crippen LogP contribution in [0.15, 0.2) is 23.1 Å². The average molecular weight is 316 g/mol. The summed E-state index contributed by atoms with van der Waals surface area (Å²) >= 11 is 0. The standard InChI is InChI=1S/C12H10F2N2O4S/c1-16-10(5-9(15-16)12(17)18)6-3-7(13)11(8(14)4-6)21(2,19)20/h3-5H,1-2H3,(H,17,18). The Hall–Kier alpha value is -2.29. The van der Waals surface area contributed by atoms with Gasteiger partial charge in [-0.25, -0.2) is 22.0 Å². The number of benzene rings is 1. The molecule has 2 rings (SSSR count). The first kappa shape index (κ1) is 15.1. The number of rotatable bonds is 3. The molecule has 1 aromatic carbocycles. The molecule has 0 spiro atoms. The van der Waals surface area contributed by atoms with Crippen LogP contribution in [0.3, 0.4) is 0 Å². The molecule has 112 valence electrons. The minimum atomic E-state index is -4.05.